The molecule has 0 aliphatic carbocycles. The van der Waals surface area contributed by atoms with E-state index in [-0.39, 0.29) is 6.29 Å². The maximum Gasteiger partial charge on any atom is 0.184 e. The molecule has 0 bridgehead atoms. The van der Waals surface area contributed by atoms with Crippen LogP contribution in [0.5, 0.6) is 11.5 Å². The molecule has 18 heavy (non-hydrogen) atoms. The molecule has 99 valence electrons. The Kier molecular flexibility index (Phi) is 4.26. The molecule has 2 rings (SSSR count). The van der Waals surface area contributed by atoms with Crippen LogP contribution in [0.3, 0.4) is 0 Å². The van der Waals surface area contributed by atoms with Gasteiger partial charge in [-0.15, -0.1) is 0 Å². The summed E-state index contributed by atoms with van der Waals surface area (Å²) >= 11 is 0. The molecule has 1 saturated heterocycles. The fourth-order valence-corrected chi connectivity index (χ4v) is 3.25. The van der Waals surface area contributed by atoms with Crippen molar-refractivity contribution in [1.29, 1.82) is 0 Å². The summed E-state index contributed by atoms with van der Waals surface area (Å²) in [6.07, 6.45) is -0.264. The molecule has 0 amide bonds. The molecular formula is C13H19O4Si. The zero-order valence-electron chi connectivity index (χ0n) is 11.3. The Bertz CT molecular complexity index is 414. The fraction of sp³-hybridized carbons (Fsp3) is 0.538. The van der Waals surface area contributed by atoms with Gasteiger partial charge in [-0.1, -0.05) is 18.3 Å². The molecule has 1 aliphatic rings. The largest absolute Gasteiger partial charge is 0.493 e. The van der Waals surface area contributed by atoms with Gasteiger partial charge in [0.2, 0.25) is 0 Å². The van der Waals surface area contributed by atoms with Gasteiger partial charge in [0.15, 0.2) is 17.8 Å². The van der Waals surface area contributed by atoms with E-state index in [9.17, 15) is 0 Å². The Balaban J connectivity index is 2.47. The molecule has 0 atom stereocenters. The van der Waals surface area contributed by atoms with Crippen LogP contribution in [0.1, 0.15) is 11.9 Å². The molecule has 0 saturated carbocycles. The van der Waals surface area contributed by atoms with Crippen molar-refractivity contribution in [1.82, 2.24) is 0 Å². The van der Waals surface area contributed by atoms with Crippen molar-refractivity contribution in [3.8, 4) is 11.5 Å². The third-order valence-electron chi connectivity index (χ3n) is 2.97. The lowest BCUT2D eigenvalue weighted by Crippen LogP contribution is -2.29. The average molecular weight is 267 g/mol. The van der Waals surface area contributed by atoms with E-state index in [1.165, 1.54) is 5.19 Å². The van der Waals surface area contributed by atoms with Crippen LogP contribution in [0.25, 0.3) is 0 Å². The molecule has 0 aromatic heterocycles. The summed E-state index contributed by atoms with van der Waals surface area (Å²) in [7, 11) is 2.66. The van der Waals surface area contributed by atoms with Gasteiger partial charge in [0.1, 0.15) is 0 Å². The maximum atomic E-state index is 5.60. The Labute approximate surface area is 109 Å². The predicted molar refractivity (Wildman–Crippen MR) is 71.3 cm³/mol. The molecule has 1 heterocycles. The number of methoxy groups -OCH3 is 2. The van der Waals surface area contributed by atoms with E-state index in [1.54, 1.807) is 14.2 Å². The van der Waals surface area contributed by atoms with E-state index in [0.29, 0.717) is 13.2 Å². The Morgan fingerprint density at radius 3 is 2.11 bits per heavy atom. The first-order chi connectivity index (χ1) is 8.67. The second-order valence-electron chi connectivity index (χ2n) is 4.37. The summed E-state index contributed by atoms with van der Waals surface area (Å²) in [6, 6.07) is 4.02. The van der Waals surface area contributed by atoms with Crippen LogP contribution < -0.4 is 14.7 Å². The van der Waals surface area contributed by atoms with Gasteiger partial charge in [-0.25, -0.2) is 0 Å². The Morgan fingerprint density at radius 1 is 1.06 bits per heavy atom. The molecule has 1 fully saturated rings. The zero-order chi connectivity index (χ0) is 13.1. The van der Waals surface area contributed by atoms with Gasteiger partial charge in [-0.2, -0.15) is 0 Å². The predicted octanol–water partition coefficient (Wildman–Crippen LogP) is 1.71. The third kappa shape index (κ3) is 2.53. The molecule has 1 radical (unpaired) electrons. The first kappa shape index (κ1) is 13.4. The van der Waals surface area contributed by atoms with Gasteiger partial charge in [0.25, 0.3) is 0 Å². The molecule has 1 aliphatic heterocycles. The van der Waals surface area contributed by atoms with Crippen LogP contribution in [0, 0.1) is 0 Å². The fourth-order valence-electron chi connectivity index (χ4n) is 2.06. The number of ether oxygens (including phenoxy) is 4. The van der Waals surface area contributed by atoms with Crippen LogP contribution >= 0.6 is 0 Å². The molecule has 4 nitrogen and oxygen atoms in total. The van der Waals surface area contributed by atoms with Gasteiger partial charge in [0, 0.05) is 5.56 Å². The number of hydrogen-bond acceptors (Lipinski definition) is 4. The Hall–Kier alpha value is -1.04. The standard InChI is InChI=1S/C13H19O4Si/c1-14-10-7-9(13-16-5-6-17-13)12(18(3)4)8-11(10)15-2/h7-8,13H,5-6H2,1-4H3. The van der Waals surface area contributed by atoms with E-state index < -0.39 is 8.80 Å². The van der Waals surface area contributed by atoms with Gasteiger partial charge >= 0.3 is 0 Å². The third-order valence-corrected chi connectivity index (χ3v) is 4.48. The van der Waals surface area contributed by atoms with Gasteiger partial charge in [-0.05, 0) is 12.1 Å². The van der Waals surface area contributed by atoms with Crippen LogP contribution in [0.15, 0.2) is 12.1 Å². The van der Waals surface area contributed by atoms with Crippen LogP contribution in [0.4, 0.5) is 0 Å². The molecule has 5 heteroatoms. The highest BCUT2D eigenvalue weighted by Crippen LogP contribution is 2.32. The lowest BCUT2D eigenvalue weighted by atomic mass is 10.2. The highest BCUT2D eigenvalue weighted by atomic mass is 28.3. The second kappa shape index (κ2) is 5.73. The molecule has 1 aromatic carbocycles. The second-order valence-corrected chi connectivity index (χ2v) is 6.91. The number of rotatable bonds is 4. The minimum atomic E-state index is -0.631. The molecule has 0 spiro atoms. The SMILES string of the molecule is COc1cc(C2OCCO2)c([Si](C)C)cc1OC. The summed E-state index contributed by atoms with van der Waals surface area (Å²) in [6.45, 7) is 5.77. The van der Waals surface area contributed by atoms with Crippen LogP contribution in [-0.4, -0.2) is 36.2 Å². The van der Waals surface area contributed by atoms with E-state index in [4.69, 9.17) is 18.9 Å². The van der Waals surface area contributed by atoms with Crippen molar-refractivity contribution in [2.75, 3.05) is 27.4 Å². The Morgan fingerprint density at radius 2 is 1.61 bits per heavy atom. The highest BCUT2D eigenvalue weighted by Gasteiger charge is 2.25. The average Bonchev–Trinajstić information content (AvgIpc) is 2.90. The van der Waals surface area contributed by atoms with Crippen molar-refractivity contribution in [3.63, 3.8) is 0 Å². The highest BCUT2D eigenvalue weighted by molar-refractivity contribution is 6.71. The lowest BCUT2D eigenvalue weighted by Gasteiger charge is -2.19. The summed E-state index contributed by atoms with van der Waals surface area (Å²) in [4.78, 5) is 0. The summed E-state index contributed by atoms with van der Waals surface area (Å²) in [5.74, 6) is 1.49. The smallest absolute Gasteiger partial charge is 0.184 e. The van der Waals surface area contributed by atoms with Crippen molar-refractivity contribution in [2.24, 2.45) is 0 Å². The van der Waals surface area contributed by atoms with Gasteiger partial charge < -0.3 is 18.9 Å². The summed E-state index contributed by atoms with van der Waals surface area (Å²) in [5, 5.41) is 1.27. The van der Waals surface area contributed by atoms with Crippen molar-refractivity contribution in [3.05, 3.63) is 17.7 Å². The van der Waals surface area contributed by atoms with E-state index >= 15 is 0 Å². The van der Waals surface area contributed by atoms with Crippen molar-refractivity contribution in [2.45, 2.75) is 19.4 Å². The first-order valence-electron chi connectivity index (χ1n) is 5.97. The number of benzene rings is 1. The molecule has 0 unspecified atom stereocenters. The van der Waals surface area contributed by atoms with Crippen molar-refractivity contribution >= 4 is 14.0 Å². The van der Waals surface area contributed by atoms with E-state index in [0.717, 1.165) is 17.1 Å². The zero-order valence-corrected chi connectivity index (χ0v) is 12.3. The van der Waals surface area contributed by atoms with E-state index in [2.05, 4.69) is 13.1 Å². The first-order valence-corrected chi connectivity index (χ1v) is 8.47. The topological polar surface area (TPSA) is 36.9 Å². The summed E-state index contributed by atoms with van der Waals surface area (Å²) < 4.78 is 21.9. The van der Waals surface area contributed by atoms with Gasteiger partial charge in [-0.3, -0.25) is 0 Å². The van der Waals surface area contributed by atoms with Crippen molar-refractivity contribution < 1.29 is 18.9 Å². The lowest BCUT2D eigenvalue weighted by molar-refractivity contribution is -0.0435. The van der Waals surface area contributed by atoms with Crippen LogP contribution in [-0.2, 0) is 9.47 Å². The minimum Gasteiger partial charge on any atom is -0.493 e. The monoisotopic (exact) mass is 267 g/mol. The maximum absolute atomic E-state index is 5.60. The van der Waals surface area contributed by atoms with E-state index in [1.807, 2.05) is 12.1 Å². The molecule has 0 N–H and O–H groups in total. The summed E-state index contributed by atoms with van der Waals surface area (Å²) in [5.41, 5.74) is 1.07. The molecule has 1 aromatic rings. The molecular weight excluding hydrogens is 248 g/mol. The quantitative estimate of drug-likeness (QED) is 0.778. The van der Waals surface area contributed by atoms with Crippen LogP contribution in [0.2, 0.25) is 13.1 Å². The van der Waals surface area contributed by atoms with Gasteiger partial charge in [0.05, 0.1) is 36.2 Å². The number of hydrogen-bond donors (Lipinski definition) is 0. The minimum absolute atomic E-state index is 0.264. The normalized spacial score (nSPS) is 16.3.